The van der Waals surface area contributed by atoms with Gasteiger partial charge >= 0.3 is 0 Å². The highest BCUT2D eigenvalue weighted by molar-refractivity contribution is 5.47. The minimum absolute atomic E-state index is 0.147. The molecule has 0 radical (unpaired) electrons. The van der Waals surface area contributed by atoms with Crippen LogP contribution in [0.5, 0.6) is 5.88 Å². The fourth-order valence-corrected chi connectivity index (χ4v) is 1.68. The number of hydrazine groups is 1. The van der Waals surface area contributed by atoms with Crippen molar-refractivity contribution in [2.75, 3.05) is 5.43 Å². The van der Waals surface area contributed by atoms with Gasteiger partial charge in [-0.1, -0.05) is 27.2 Å². The first kappa shape index (κ1) is 14.7. The monoisotopic (exact) mass is 252 g/mol. The van der Waals surface area contributed by atoms with Crippen LogP contribution in [-0.4, -0.2) is 16.1 Å². The summed E-state index contributed by atoms with van der Waals surface area (Å²) < 4.78 is 5.87. The quantitative estimate of drug-likeness (QED) is 0.601. The summed E-state index contributed by atoms with van der Waals surface area (Å²) in [4.78, 5) is 8.85. The zero-order valence-electron chi connectivity index (χ0n) is 11.9. The van der Waals surface area contributed by atoms with E-state index in [0.717, 1.165) is 24.2 Å². The van der Waals surface area contributed by atoms with Crippen molar-refractivity contribution in [1.82, 2.24) is 9.97 Å². The third-order valence-electron chi connectivity index (χ3n) is 2.78. The molecule has 0 aliphatic rings. The van der Waals surface area contributed by atoms with Crippen LogP contribution in [0.25, 0.3) is 0 Å². The molecule has 5 heteroatoms. The van der Waals surface area contributed by atoms with Crippen molar-refractivity contribution in [3.05, 3.63) is 11.4 Å². The standard InChI is InChI=1S/C13H24N4O/c1-6-7-9(4)18-13-10(5)12(17-14)15-11(16-13)8(2)3/h8-9H,6-7,14H2,1-5H3,(H,15,16,17). The van der Waals surface area contributed by atoms with Crippen LogP contribution >= 0.6 is 0 Å². The molecule has 1 unspecified atom stereocenters. The molecule has 3 N–H and O–H groups in total. The van der Waals surface area contributed by atoms with E-state index in [-0.39, 0.29) is 12.0 Å². The Kier molecular flexibility index (Phi) is 5.34. The van der Waals surface area contributed by atoms with Gasteiger partial charge in [0.1, 0.15) is 11.6 Å². The third-order valence-corrected chi connectivity index (χ3v) is 2.78. The van der Waals surface area contributed by atoms with Gasteiger partial charge in [-0.15, -0.1) is 0 Å². The van der Waals surface area contributed by atoms with Gasteiger partial charge in [0.2, 0.25) is 5.88 Å². The average molecular weight is 252 g/mol. The summed E-state index contributed by atoms with van der Waals surface area (Å²) in [5.41, 5.74) is 3.46. The number of hydrogen-bond donors (Lipinski definition) is 2. The lowest BCUT2D eigenvalue weighted by Gasteiger charge is -2.18. The number of rotatable bonds is 6. The molecule has 0 spiro atoms. The van der Waals surface area contributed by atoms with Crippen molar-refractivity contribution in [1.29, 1.82) is 0 Å². The minimum Gasteiger partial charge on any atom is -0.474 e. The van der Waals surface area contributed by atoms with Gasteiger partial charge in [0.15, 0.2) is 0 Å². The zero-order chi connectivity index (χ0) is 13.7. The topological polar surface area (TPSA) is 73.1 Å². The maximum Gasteiger partial charge on any atom is 0.222 e. The van der Waals surface area contributed by atoms with Gasteiger partial charge < -0.3 is 10.2 Å². The van der Waals surface area contributed by atoms with E-state index >= 15 is 0 Å². The predicted molar refractivity (Wildman–Crippen MR) is 73.7 cm³/mol. The number of nitrogens with zero attached hydrogens (tertiary/aromatic N) is 2. The smallest absolute Gasteiger partial charge is 0.222 e. The summed E-state index contributed by atoms with van der Waals surface area (Å²) in [6.45, 7) is 10.2. The Labute approximate surface area is 109 Å². The van der Waals surface area contributed by atoms with E-state index in [9.17, 15) is 0 Å². The molecule has 0 bridgehead atoms. The number of nitrogens with two attached hydrogens (primary N) is 1. The molecule has 5 nitrogen and oxygen atoms in total. The van der Waals surface area contributed by atoms with Gasteiger partial charge in [-0.3, -0.25) is 0 Å². The molecule has 1 aromatic rings. The van der Waals surface area contributed by atoms with Gasteiger partial charge in [-0.05, 0) is 20.3 Å². The molecule has 0 fully saturated rings. The maximum absolute atomic E-state index is 5.87. The fraction of sp³-hybridized carbons (Fsp3) is 0.692. The Bertz CT molecular complexity index is 393. The van der Waals surface area contributed by atoms with Crippen molar-refractivity contribution in [3.63, 3.8) is 0 Å². The van der Waals surface area contributed by atoms with Crippen LogP contribution in [0.15, 0.2) is 0 Å². The van der Waals surface area contributed by atoms with Gasteiger partial charge in [0, 0.05) is 5.92 Å². The predicted octanol–water partition coefficient (Wildman–Crippen LogP) is 2.76. The lowest BCUT2D eigenvalue weighted by molar-refractivity contribution is 0.199. The molecule has 1 rings (SSSR count). The van der Waals surface area contributed by atoms with E-state index < -0.39 is 0 Å². The van der Waals surface area contributed by atoms with E-state index in [2.05, 4.69) is 29.2 Å². The number of nitrogen functional groups attached to an aromatic ring is 1. The number of anilines is 1. The van der Waals surface area contributed by atoms with Crippen LogP contribution in [0.2, 0.25) is 0 Å². The molecular weight excluding hydrogens is 228 g/mol. The second kappa shape index (κ2) is 6.54. The normalized spacial score (nSPS) is 12.6. The third kappa shape index (κ3) is 3.57. The summed E-state index contributed by atoms with van der Waals surface area (Å²) >= 11 is 0. The van der Waals surface area contributed by atoms with E-state index in [0.29, 0.717) is 11.7 Å². The highest BCUT2D eigenvalue weighted by Crippen LogP contribution is 2.25. The first-order chi connectivity index (χ1) is 8.49. The Balaban J connectivity index is 3.04. The average Bonchev–Trinajstić information content (AvgIpc) is 2.31. The van der Waals surface area contributed by atoms with Crippen LogP contribution < -0.4 is 16.0 Å². The summed E-state index contributed by atoms with van der Waals surface area (Å²) in [6, 6.07) is 0. The molecule has 0 saturated carbocycles. The molecule has 0 amide bonds. The Hall–Kier alpha value is -1.36. The number of aromatic nitrogens is 2. The largest absolute Gasteiger partial charge is 0.474 e. The van der Waals surface area contributed by atoms with Crippen molar-refractivity contribution >= 4 is 5.82 Å². The van der Waals surface area contributed by atoms with Crippen LogP contribution in [0.3, 0.4) is 0 Å². The lowest BCUT2D eigenvalue weighted by atomic mass is 10.2. The molecule has 1 heterocycles. The van der Waals surface area contributed by atoms with E-state index in [4.69, 9.17) is 10.6 Å². The Morgan fingerprint density at radius 1 is 1.28 bits per heavy atom. The highest BCUT2D eigenvalue weighted by Gasteiger charge is 2.15. The van der Waals surface area contributed by atoms with Gasteiger partial charge in [-0.25, -0.2) is 10.8 Å². The Morgan fingerprint density at radius 2 is 1.94 bits per heavy atom. The summed E-state index contributed by atoms with van der Waals surface area (Å²) in [7, 11) is 0. The summed E-state index contributed by atoms with van der Waals surface area (Å²) in [5.74, 6) is 7.72. The Morgan fingerprint density at radius 3 is 2.44 bits per heavy atom. The van der Waals surface area contributed by atoms with E-state index in [1.807, 2.05) is 20.8 Å². The highest BCUT2D eigenvalue weighted by atomic mass is 16.5. The SMILES string of the molecule is CCCC(C)Oc1nc(C(C)C)nc(NN)c1C. The summed E-state index contributed by atoms with van der Waals surface area (Å²) in [6.07, 6.45) is 2.24. The van der Waals surface area contributed by atoms with Gasteiger partial charge in [0.25, 0.3) is 0 Å². The zero-order valence-corrected chi connectivity index (χ0v) is 11.9. The van der Waals surface area contributed by atoms with Crippen molar-refractivity contribution in [2.45, 2.75) is 59.5 Å². The van der Waals surface area contributed by atoms with E-state index in [1.54, 1.807) is 0 Å². The van der Waals surface area contributed by atoms with Crippen LogP contribution in [-0.2, 0) is 0 Å². The van der Waals surface area contributed by atoms with Gasteiger partial charge in [-0.2, -0.15) is 4.98 Å². The number of hydrogen-bond acceptors (Lipinski definition) is 5. The molecule has 0 aliphatic heterocycles. The minimum atomic E-state index is 0.147. The molecule has 1 atom stereocenters. The van der Waals surface area contributed by atoms with Crippen LogP contribution in [0.1, 0.15) is 57.8 Å². The van der Waals surface area contributed by atoms with E-state index in [1.165, 1.54) is 0 Å². The second-order valence-corrected chi connectivity index (χ2v) is 4.88. The van der Waals surface area contributed by atoms with Crippen LogP contribution in [0.4, 0.5) is 5.82 Å². The molecule has 0 aromatic carbocycles. The fourth-order valence-electron chi connectivity index (χ4n) is 1.68. The number of nitrogens with one attached hydrogen (secondary N) is 1. The molecule has 102 valence electrons. The van der Waals surface area contributed by atoms with Crippen molar-refractivity contribution < 1.29 is 4.74 Å². The van der Waals surface area contributed by atoms with Crippen molar-refractivity contribution in [2.24, 2.45) is 5.84 Å². The molecular formula is C13H24N4O. The first-order valence-corrected chi connectivity index (χ1v) is 6.51. The summed E-state index contributed by atoms with van der Waals surface area (Å²) in [5, 5.41) is 0. The first-order valence-electron chi connectivity index (χ1n) is 6.51. The molecule has 0 aliphatic carbocycles. The molecule has 1 aromatic heterocycles. The molecule has 18 heavy (non-hydrogen) atoms. The maximum atomic E-state index is 5.87. The lowest BCUT2D eigenvalue weighted by Crippen LogP contribution is -2.17. The number of ether oxygens (including phenoxy) is 1. The van der Waals surface area contributed by atoms with Crippen LogP contribution in [0, 0.1) is 6.92 Å². The second-order valence-electron chi connectivity index (χ2n) is 4.88. The van der Waals surface area contributed by atoms with Gasteiger partial charge in [0.05, 0.1) is 11.7 Å². The van der Waals surface area contributed by atoms with Crippen molar-refractivity contribution in [3.8, 4) is 5.88 Å². The molecule has 0 saturated heterocycles.